The molecule has 2 heterocycles. The van der Waals surface area contributed by atoms with Gasteiger partial charge >= 0.3 is 5.97 Å². The molecule has 0 bridgehead atoms. The summed E-state index contributed by atoms with van der Waals surface area (Å²) in [6, 6.07) is 3.32. The number of hydrogen-bond donors (Lipinski definition) is 1. The van der Waals surface area contributed by atoms with Gasteiger partial charge in [0.1, 0.15) is 11.4 Å². The molecule has 1 aliphatic heterocycles. The maximum Gasteiger partial charge on any atom is 0.339 e. The number of morpholine rings is 1. The number of rotatable bonds is 2. The van der Waals surface area contributed by atoms with Gasteiger partial charge in [-0.3, -0.25) is 0 Å². The Labute approximate surface area is 93.7 Å². The number of anilines is 1. The van der Waals surface area contributed by atoms with Crippen molar-refractivity contribution < 1.29 is 14.6 Å². The molecular weight excluding hydrogens is 208 g/mol. The Morgan fingerprint density at radius 2 is 2.12 bits per heavy atom. The van der Waals surface area contributed by atoms with Gasteiger partial charge in [-0.25, -0.2) is 9.78 Å². The van der Waals surface area contributed by atoms with Crippen molar-refractivity contribution in [2.45, 2.75) is 6.92 Å². The van der Waals surface area contributed by atoms with Crippen molar-refractivity contribution in [1.82, 2.24) is 4.98 Å². The SMILES string of the molecule is Cc1ccc(C(=O)O)c(N2CCOCC2)n1. The second kappa shape index (κ2) is 4.49. The van der Waals surface area contributed by atoms with Gasteiger partial charge in [0, 0.05) is 18.8 Å². The van der Waals surface area contributed by atoms with E-state index < -0.39 is 5.97 Å². The number of aromatic nitrogens is 1. The Bertz CT molecular complexity index is 400. The molecule has 0 radical (unpaired) electrons. The van der Waals surface area contributed by atoms with Gasteiger partial charge in [0.25, 0.3) is 0 Å². The van der Waals surface area contributed by atoms with Crippen molar-refractivity contribution in [2.75, 3.05) is 31.2 Å². The van der Waals surface area contributed by atoms with Crippen LogP contribution >= 0.6 is 0 Å². The molecule has 16 heavy (non-hydrogen) atoms. The molecule has 5 nitrogen and oxygen atoms in total. The van der Waals surface area contributed by atoms with E-state index in [1.807, 2.05) is 11.8 Å². The summed E-state index contributed by atoms with van der Waals surface area (Å²) < 4.78 is 5.23. The molecule has 1 aromatic heterocycles. The van der Waals surface area contributed by atoms with Crippen LogP contribution in [0.15, 0.2) is 12.1 Å². The molecule has 0 saturated carbocycles. The first-order valence-electron chi connectivity index (χ1n) is 5.22. The fraction of sp³-hybridized carbons (Fsp3) is 0.455. The third-order valence-electron chi connectivity index (χ3n) is 2.56. The summed E-state index contributed by atoms with van der Waals surface area (Å²) in [5.74, 6) is -0.384. The summed E-state index contributed by atoms with van der Waals surface area (Å²) in [6.07, 6.45) is 0. The Hall–Kier alpha value is -1.62. The molecule has 5 heteroatoms. The summed E-state index contributed by atoms with van der Waals surface area (Å²) >= 11 is 0. The largest absolute Gasteiger partial charge is 0.478 e. The molecular formula is C11H14N2O3. The third-order valence-corrected chi connectivity index (χ3v) is 2.56. The number of aryl methyl sites for hydroxylation is 1. The van der Waals surface area contributed by atoms with E-state index in [1.54, 1.807) is 12.1 Å². The summed E-state index contributed by atoms with van der Waals surface area (Å²) in [6.45, 7) is 4.48. The van der Waals surface area contributed by atoms with Gasteiger partial charge in [-0.15, -0.1) is 0 Å². The van der Waals surface area contributed by atoms with Gasteiger partial charge in [-0.05, 0) is 19.1 Å². The topological polar surface area (TPSA) is 62.7 Å². The van der Waals surface area contributed by atoms with Crippen LogP contribution in [0, 0.1) is 6.92 Å². The van der Waals surface area contributed by atoms with E-state index in [0.29, 0.717) is 32.1 Å². The van der Waals surface area contributed by atoms with Crippen LogP contribution in [0.4, 0.5) is 5.82 Å². The van der Waals surface area contributed by atoms with Crippen molar-refractivity contribution >= 4 is 11.8 Å². The van der Waals surface area contributed by atoms with E-state index in [-0.39, 0.29) is 5.56 Å². The fourth-order valence-electron chi connectivity index (χ4n) is 1.73. The third kappa shape index (κ3) is 2.14. The van der Waals surface area contributed by atoms with Crippen molar-refractivity contribution in [2.24, 2.45) is 0 Å². The number of carbonyl (C=O) groups is 1. The van der Waals surface area contributed by atoms with E-state index in [4.69, 9.17) is 9.84 Å². The lowest BCUT2D eigenvalue weighted by molar-refractivity contribution is 0.0696. The van der Waals surface area contributed by atoms with E-state index in [0.717, 1.165) is 5.69 Å². The smallest absolute Gasteiger partial charge is 0.339 e. The Morgan fingerprint density at radius 1 is 1.44 bits per heavy atom. The standard InChI is InChI=1S/C11H14N2O3/c1-8-2-3-9(11(14)15)10(12-8)13-4-6-16-7-5-13/h2-3H,4-7H2,1H3,(H,14,15). The van der Waals surface area contributed by atoms with E-state index in [9.17, 15) is 4.79 Å². The van der Waals surface area contributed by atoms with Gasteiger partial charge < -0.3 is 14.7 Å². The van der Waals surface area contributed by atoms with Gasteiger partial charge in [0.15, 0.2) is 0 Å². The van der Waals surface area contributed by atoms with E-state index in [2.05, 4.69) is 4.98 Å². The lowest BCUT2D eigenvalue weighted by Gasteiger charge is -2.28. The molecule has 1 aromatic rings. The molecule has 1 aliphatic rings. The predicted molar refractivity (Wildman–Crippen MR) is 59.0 cm³/mol. The monoisotopic (exact) mass is 222 g/mol. The number of nitrogens with zero attached hydrogens (tertiary/aromatic N) is 2. The average Bonchev–Trinajstić information content (AvgIpc) is 2.29. The van der Waals surface area contributed by atoms with Gasteiger partial charge in [-0.2, -0.15) is 0 Å². The molecule has 1 N–H and O–H groups in total. The van der Waals surface area contributed by atoms with Crippen molar-refractivity contribution in [3.05, 3.63) is 23.4 Å². The lowest BCUT2D eigenvalue weighted by Crippen LogP contribution is -2.37. The van der Waals surface area contributed by atoms with E-state index >= 15 is 0 Å². The molecule has 0 amide bonds. The molecule has 0 aliphatic carbocycles. The van der Waals surface area contributed by atoms with E-state index in [1.165, 1.54) is 0 Å². The number of aromatic carboxylic acids is 1. The van der Waals surface area contributed by atoms with Crippen molar-refractivity contribution in [3.8, 4) is 0 Å². The summed E-state index contributed by atoms with van der Waals surface area (Å²) in [5, 5.41) is 9.09. The van der Waals surface area contributed by atoms with Crippen LogP contribution in [0.5, 0.6) is 0 Å². The molecule has 0 spiro atoms. The van der Waals surface area contributed by atoms with Crippen LogP contribution in [0.3, 0.4) is 0 Å². The first kappa shape index (κ1) is 10.9. The quantitative estimate of drug-likeness (QED) is 0.806. The second-order valence-corrected chi connectivity index (χ2v) is 3.73. The molecule has 0 atom stereocenters. The highest BCUT2D eigenvalue weighted by molar-refractivity contribution is 5.93. The predicted octanol–water partition coefficient (Wildman–Crippen LogP) is 0.925. The molecule has 2 rings (SSSR count). The Balaban J connectivity index is 2.36. The van der Waals surface area contributed by atoms with Gasteiger partial charge in [0.2, 0.25) is 0 Å². The normalized spacial score (nSPS) is 16.2. The van der Waals surface area contributed by atoms with Crippen LogP contribution in [0.25, 0.3) is 0 Å². The maximum absolute atomic E-state index is 11.1. The Morgan fingerprint density at radius 3 is 2.75 bits per heavy atom. The van der Waals surface area contributed by atoms with Crippen molar-refractivity contribution in [1.29, 1.82) is 0 Å². The van der Waals surface area contributed by atoms with Crippen LogP contribution in [-0.4, -0.2) is 42.4 Å². The maximum atomic E-state index is 11.1. The van der Waals surface area contributed by atoms with Crippen LogP contribution in [-0.2, 0) is 4.74 Å². The van der Waals surface area contributed by atoms with Crippen LogP contribution in [0.2, 0.25) is 0 Å². The molecule has 0 aromatic carbocycles. The van der Waals surface area contributed by atoms with Gasteiger partial charge in [-0.1, -0.05) is 0 Å². The zero-order chi connectivity index (χ0) is 11.5. The number of hydrogen-bond acceptors (Lipinski definition) is 4. The first-order chi connectivity index (χ1) is 7.68. The highest BCUT2D eigenvalue weighted by Gasteiger charge is 2.19. The number of pyridine rings is 1. The van der Waals surface area contributed by atoms with Gasteiger partial charge in [0.05, 0.1) is 13.2 Å². The second-order valence-electron chi connectivity index (χ2n) is 3.73. The zero-order valence-electron chi connectivity index (χ0n) is 9.14. The summed E-state index contributed by atoms with van der Waals surface area (Å²) in [4.78, 5) is 17.3. The lowest BCUT2D eigenvalue weighted by atomic mass is 10.2. The average molecular weight is 222 g/mol. The highest BCUT2D eigenvalue weighted by Crippen LogP contribution is 2.19. The number of carboxylic acid groups (broad SMARTS) is 1. The zero-order valence-corrected chi connectivity index (χ0v) is 9.14. The minimum absolute atomic E-state index is 0.257. The van der Waals surface area contributed by atoms with Crippen molar-refractivity contribution in [3.63, 3.8) is 0 Å². The summed E-state index contributed by atoms with van der Waals surface area (Å²) in [7, 11) is 0. The van der Waals surface area contributed by atoms with Crippen LogP contribution in [0.1, 0.15) is 16.1 Å². The molecule has 1 saturated heterocycles. The summed E-state index contributed by atoms with van der Waals surface area (Å²) in [5.41, 5.74) is 1.08. The highest BCUT2D eigenvalue weighted by atomic mass is 16.5. The minimum Gasteiger partial charge on any atom is -0.478 e. The molecule has 1 fully saturated rings. The molecule has 86 valence electrons. The first-order valence-corrected chi connectivity index (χ1v) is 5.22. The van der Waals surface area contributed by atoms with Crippen LogP contribution < -0.4 is 4.90 Å². The Kier molecular flexibility index (Phi) is 3.05. The fourth-order valence-corrected chi connectivity index (χ4v) is 1.73. The number of carboxylic acids is 1. The molecule has 0 unspecified atom stereocenters. The number of ether oxygens (including phenoxy) is 1. The minimum atomic E-state index is -0.936.